The van der Waals surface area contributed by atoms with Gasteiger partial charge in [0.25, 0.3) is 0 Å². The number of hydrogen-bond donors (Lipinski definition) is 1. The Bertz CT molecular complexity index is 126. The standard InChI is InChI=1S/C13H29NO/c1-5-10-15-11-6-9-14-13(4)8-7-12(2)3/h12-14H,5-11H2,1-4H3. The van der Waals surface area contributed by atoms with Crippen LogP contribution in [0.5, 0.6) is 0 Å². The van der Waals surface area contributed by atoms with E-state index >= 15 is 0 Å². The molecule has 2 heteroatoms. The van der Waals surface area contributed by atoms with Gasteiger partial charge in [0.1, 0.15) is 0 Å². The van der Waals surface area contributed by atoms with E-state index < -0.39 is 0 Å². The van der Waals surface area contributed by atoms with Gasteiger partial charge in [-0.3, -0.25) is 0 Å². The van der Waals surface area contributed by atoms with E-state index in [9.17, 15) is 0 Å². The van der Waals surface area contributed by atoms with Gasteiger partial charge in [0.15, 0.2) is 0 Å². The molecule has 92 valence electrons. The quantitative estimate of drug-likeness (QED) is 0.565. The van der Waals surface area contributed by atoms with E-state index in [2.05, 4.69) is 33.0 Å². The molecular weight excluding hydrogens is 186 g/mol. The second-order valence-corrected chi connectivity index (χ2v) is 4.79. The zero-order valence-corrected chi connectivity index (χ0v) is 11.0. The lowest BCUT2D eigenvalue weighted by Crippen LogP contribution is -2.28. The first-order valence-corrected chi connectivity index (χ1v) is 6.48. The second kappa shape index (κ2) is 10.4. The predicted molar refractivity (Wildman–Crippen MR) is 67.3 cm³/mol. The van der Waals surface area contributed by atoms with Crippen LogP contribution < -0.4 is 5.32 Å². The van der Waals surface area contributed by atoms with Crippen molar-refractivity contribution in [2.75, 3.05) is 19.8 Å². The highest BCUT2D eigenvalue weighted by atomic mass is 16.5. The van der Waals surface area contributed by atoms with Crippen LogP contribution in [0.4, 0.5) is 0 Å². The van der Waals surface area contributed by atoms with Crippen LogP contribution in [-0.2, 0) is 4.74 Å². The van der Waals surface area contributed by atoms with Crippen LogP contribution >= 0.6 is 0 Å². The summed E-state index contributed by atoms with van der Waals surface area (Å²) in [5.74, 6) is 0.821. The smallest absolute Gasteiger partial charge is 0.0478 e. The molecule has 0 saturated carbocycles. The summed E-state index contributed by atoms with van der Waals surface area (Å²) in [7, 11) is 0. The van der Waals surface area contributed by atoms with Gasteiger partial charge in [-0.1, -0.05) is 20.8 Å². The summed E-state index contributed by atoms with van der Waals surface area (Å²) in [5.41, 5.74) is 0. The van der Waals surface area contributed by atoms with Crippen LogP contribution in [0, 0.1) is 5.92 Å². The van der Waals surface area contributed by atoms with E-state index in [4.69, 9.17) is 4.74 Å². The summed E-state index contributed by atoms with van der Waals surface area (Å²) in [6.07, 6.45) is 4.86. The van der Waals surface area contributed by atoms with Crippen LogP contribution in [0.3, 0.4) is 0 Å². The highest BCUT2D eigenvalue weighted by Gasteiger charge is 2.02. The van der Waals surface area contributed by atoms with Gasteiger partial charge in [0.2, 0.25) is 0 Å². The maximum atomic E-state index is 5.42. The Morgan fingerprint density at radius 2 is 1.80 bits per heavy atom. The van der Waals surface area contributed by atoms with Gasteiger partial charge in [-0.15, -0.1) is 0 Å². The Labute approximate surface area is 95.8 Å². The number of ether oxygens (including phenoxy) is 1. The summed E-state index contributed by atoms with van der Waals surface area (Å²) in [6.45, 7) is 11.9. The Kier molecular flexibility index (Phi) is 10.4. The highest BCUT2D eigenvalue weighted by molar-refractivity contribution is 4.61. The Hall–Kier alpha value is -0.0800. The van der Waals surface area contributed by atoms with E-state index in [0.29, 0.717) is 6.04 Å². The van der Waals surface area contributed by atoms with Crippen molar-refractivity contribution in [3.8, 4) is 0 Å². The molecule has 0 saturated heterocycles. The monoisotopic (exact) mass is 215 g/mol. The Morgan fingerprint density at radius 3 is 2.40 bits per heavy atom. The van der Waals surface area contributed by atoms with Gasteiger partial charge in [-0.05, 0) is 45.1 Å². The largest absolute Gasteiger partial charge is 0.381 e. The Balaban J connectivity index is 3.13. The molecule has 0 aliphatic heterocycles. The van der Waals surface area contributed by atoms with Gasteiger partial charge in [0.05, 0.1) is 0 Å². The molecule has 2 nitrogen and oxygen atoms in total. The molecule has 0 heterocycles. The van der Waals surface area contributed by atoms with Crippen LogP contribution in [0.2, 0.25) is 0 Å². The lowest BCUT2D eigenvalue weighted by molar-refractivity contribution is 0.131. The first-order chi connectivity index (χ1) is 7.16. The molecule has 15 heavy (non-hydrogen) atoms. The van der Waals surface area contributed by atoms with Crippen molar-refractivity contribution in [1.29, 1.82) is 0 Å². The minimum atomic E-state index is 0.651. The van der Waals surface area contributed by atoms with Crippen molar-refractivity contribution < 1.29 is 4.74 Å². The van der Waals surface area contributed by atoms with Crippen molar-refractivity contribution in [3.63, 3.8) is 0 Å². The van der Waals surface area contributed by atoms with Crippen molar-refractivity contribution in [3.05, 3.63) is 0 Å². The minimum Gasteiger partial charge on any atom is -0.381 e. The molecule has 0 fully saturated rings. The van der Waals surface area contributed by atoms with E-state index in [1.807, 2.05) is 0 Å². The zero-order chi connectivity index (χ0) is 11.5. The molecular formula is C13H29NO. The topological polar surface area (TPSA) is 21.3 Å². The normalized spacial score (nSPS) is 13.4. The van der Waals surface area contributed by atoms with Gasteiger partial charge in [0, 0.05) is 19.3 Å². The molecule has 0 amide bonds. The lowest BCUT2D eigenvalue weighted by atomic mass is 10.0. The molecule has 0 aliphatic carbocycles. The molecule has 0 radical (unpaired) electrons. The summed E-state index contributed by atoms with van der Waals surface area (Å²) >= 11 is 0. The van der Waals surface area contributed by atoms with Crippen molar-refractivity contribution in [1.82, 2.24) is 5.32 Å². The molecule has 0 rings (SSSR count). The van der Waals surface area contributed by atoms with Crippen molar-refractivity contribution >= 4 is 0 Å². The van der Waals surface area contributed by atoms with Crippen molar-refractivity contribution in [2.24, 2.45) is 5.92 Å². The molecule has 1 atom stereocenters. The maximum absolute atomic E-state index is 5.42. The van der Waals surface area contributed by atoms with E-state index in [1.165, 1.54) is 12.8 Å². The molecule has 0 aliphatic rings. The Morgan fingerprint density at radius 1 is 1.07 bits per heavy atom. The van der Waals surface area contributed by atoms with Crippen LogP contribution in [-0.4, -0.2) is 25.8 Å². The second-order valence-electron chi connectivity index (χ2n) is 4.79. The summed E-state index contributed by atoms with van der Waals surface area (Å²) in [5, 5.41) is 3.53. The molecule has 0 bridgehead atoms. The predicted octanol–water partition coefficient (Wildman–Crippen LogP) is 3.22. The average molecular weight is 215 g/mol. The fraction of sp³-hybridized carbons (Fsp3) is 1.00. The molecule has 1 unspecified atom stereocenters. The van der Waals surface area contributed by atoms with E-state index in [-0.39, 0.29) is 0 Å². The lowest BCUT2D eigenvalue weighted by Gasteiger charge is -2.14. The molecule has 0 aromatic heterocycles. The third-order valence-corrected chi connectivity index (χ3v) is 2.48. The number of rotatable bonds is 10. The highest BCUT2D eigenvalue weighted by Crippen LogP contribution is 2.06. The molecule has 0 aromatic rings. The van der Waals surface area contributed by atoms with Gasteiger partial charge < -0.3 is 10.1 Å². The number of hydrogen-bond acceptors (Lipinski definition) is 2. The zero-order valence-electron chi connectivity index (χ0n) is 11.0. The fourth-order valence-electron chi connectivity index (χ4n) is 1.45. The average Bonchev–Trinajstić information content (AvgIpc) is 2.20. The number of nitrogens with one attached hydrogen (secondary N) is 1. The maximum Gasteiger partial charge on any atom is 0.0478 e. The van der Waals surface area contributed by atoms with Gasteiger partial charge in [-0.2, -0.15) is 0 Å². The SMILES string of the molecule is CCCOCCCNC(C)CCC(C)C. The van der Waals surface area contributed by atoms with E-state index in [0.717, 1.165) is 38.5 Å². The van der Waals surface area contributed by atoms with E-state index in [1.54, 1.807) is 0 Å². The third-order valence-electron chi connectivity index (χ3n) is 2.48. The van der Waals surface area contributed by atoms with Crippen LogP contribution in [0.1, 0.15) is 53.4 Å². The van der Waals surface area contributed by atoms with Gasteiger partial charge in [-0.25, -0.2) is 0 Å². The van der Waals surface area contributed by atoms with Crippen LogP contribution in [0.15, 0.2) is 0 Å². The van der Waals surface area contributed by atoms with Crippen LogP contribution in [0.25, 0.3) is 0 Å². The summed E-state index contributed by atoms with van der Waals surface area (Å²) < 4.78 is 5.42. The molecule has 1 N–H and O–H groups in total. The third kappa shape index (κ3) is 11.8. The first kappa shape index (κ1) is 14.9. The van der Waals surface area contributed by atoms with Crippen molar-refractivity contribution in [2.45, 2.75) is 59.4 Å². The fourth-order valence-corrected chi connectivity index (χ4v) is 1.45. The minimum absolute atomic E-state index is 0.651. The van der Waals surface area contributed by atoms with Gasteiger partial charge >= 0.3 is 0 Å². The first-order valence-electron chi connectivity index (χ1n) is 6.48. The summed E-state index contributed by atoms with van der Waals surface area (Å²) in [4.78, 5) is 0. The molecule has 0 aromatic carbocycles. The summed E-state index contributed by atoms with van der Waals surface area (Å²) in [6, 6.07) is 0.651. The molecule has 0 spiro atoms.